The summed E-state index contributed by atoms with van der Waals surface area (Å²) < 4.78 is 2.45. The average Bonchev–Trinajstić information content (AvgIpc) is 2.85. The fourth-order valence-electron chi connectivity index (χ4n) is 1.90. The zero-order valence-corrected chi connectivity index (χ0v) is 12.9. The zero-order valence-electron chi connectivity index (χ0n) is 11.3. The van der Waals surface area contributed by atoms with Gasteiger partial charge in [-0.3, -0.25) is 9.48 Å². The van der Waals surface area contributed by atoms with E-state index in [0.717, 1.165) is 10.0 Å². The molecule has 0 aliphatic heterocycles. The van der Waals surface area contributed by atoms with Gasteiger partial charge in [0.25, 0.3) is 5.91 Å². The number of halogens is 1. The summed E-state index contributed by atoms with van der Waals surface area (Å²) in [6.45, 7) is 1.58. The van der Waals surface area contributed by atoms with Crippen molar-refractivity contribution in [2.75, 3.05) is 6.61 Å². The molecular weight excluding hydrogens is 322 g/mol. The van der Waals surface area contributed by atoms with Gasteiger partial charge >= 0.3 is 0 Å². The predicted octanol–water partition coefficient (Wildman–Crippen LogP) is 1.82. The lowest BCUT2D eigenvalue weighted by atomic mass is 9.92. The summed E-state index contributed by atoms with van der Waals surface area (Å²) in [6, 6.07) is 7.50. The molecule has 0 aliphatic carbocycles. The first-order valence-electron chi connectivity index (χ1n) is 6.13. The number of aromatic nitrogens is 2. The Labute approximate surface area is 125 Å². The molecular formula is C14H16BrN3O2. The third-order valence-electron chi connectivity index (χ3n) is 3.13. The fourth-order valence-corrected chi connectivity index (χ4v) is 2.30. The van der Waals surface area contributed by atoms with Crippen LogP contribution in [0.1, 0.15) is 22.8 Å². The molecule has 2 aromatic rings. The maximum Gasteiger partial charge on any atom is 0.255 e. The lowest BCUT2D eigenvalue weighted by Gasteiger charge is -2.29. The van der Waals surface area contributed by atoms with E-state index in [9.17, 15) is 9.90 Å². The molecule has 1 aromatic carbocycles. The Bertz CT molecular complexity index is 626. The van der Waals surface area contributed by atoms with Gasteiger partial charge in [-0.1, -0.05) is 28.1 Å². The molecule has 6 heteroatoms. The van der Waals surface area contributed by atoms with Crippen LogP contribution < -0.4 is 5.32 Å². The van der Waals surface area contributed by atoms with Crippen LogP contribution >= 0.6 is 15.9 Å². The summed E-state index contributed by atoms with van der Waals surface area (Å²) in [5.41, 5.74) is 0.435. The maximum absolute atomic E-state index is 12.2. The normalized spacial score (nSPS) is 13.8. The van der Waals surface area contributed by atoms with Gasteiger partial charge in [0.05, 0.1) is 23.9 Å². The van der Waals surface area contributed by atoms with Crippen LogP contribution in [0.2, 0.25) is 0 Å². The third kappa shape index (κ3) is 3.08. The van der Waals surface area contributed by atoms with Gasteiger partial charge < -0.3 is 10.4 Å². The quantitative estimate of drug-likeness (QED) is 0.894. The first-order valence-corrected chi connectivity index (χ1v) is 6.92. The van der Waals surface area contributed by atoms with Crippen molar-refractivity contribution in [3.05, 3.63) is 52.3 Å². The van der Waals surface area contributed by atoms with E-state index in [4.69, 9.17) is 0 Å². The fraction of sp³-hybridized carbons (Fsp3) is 0.286. The van der Waals surface area contributed by atoms with Crippen molar-refractivity contribution in [2.24, 2.45) is 7.05 Å². The number of carbonyl (C=O) groups is 1. The van der Waals surface area contributed by atoms with Gasteiger partial charge in [0, 0.05) is 17.7 Å². The van der Waals surface area contributed by atoms with Crippen molar-refractivity contribution < 1.29 is 9.90 Å². The van der Waals surface area contributed by atoms with Crippen molar-refractivity contribution in [1.29, 1.82) is 0 Å². The minimum absolute atomic E-state index is 0.199. The van der Waals surface area contributed by atoms with E-state index in [1.165, 1.54) is 6.20 Å². The van der Waals surface area contributed by atoms with Gasteiger partial charge in [-0.05, 0) is 24.6 Å². The second-order valence-electron chi connectivity index (χ2n) is 4.86. The molecule has 0 spiro atoms. The summed E-state index contributed by atoms with van der Waals surface area (Å²) in [7, 11) is 1.75. The monoisotopic (exact) mass is 337 g/mol. The van der Waals surface area contributed by atoms with Gasteiger partial charge in [-0.2, -0.15) is 5.10 Å². The topological polar surface area (TPSA) is 67.2 Å². The number of nitrogens with zero attached hydrogens (tertiary/aromatic N) is 2. The highest BCUT2D eigenvalue weighted by atomic mass is 79.9. The molecule has 5 nitrogen and oxygen atoms in total. The van der Waals surface area contributed by atoms with Gasteiger partial charge in [0.2, 0.25) is 0 Å². The first-order chi connectivity index (χ1) is 9.44. The van der Waals surface area contributed by atoms with E-state index in [-0.39, 0.29) is 12.5 Å². The molecule has 1 aromatic heterocycles. The van der Waals surface area contributed by atoms with E-state index >= 15 is 0 Å². The molecule has 1 atom stereocenters. The van der Waals surface area contributed by atoms with E-state index in [1.54, 1.807) is 24.9 Å². The number of benzene rings is 1. The van der Waals surface area contributed by atoms with E-state index in [2.05, 4.69) is 26.3 Å². The minimum Gasteiger partial charge on any atom is -0.394 e. The Kier molecular flexibility index (Phi) is 4.25. The molecule has 106 valence electrons. The molecule has 1 amide bonds. The molecule has 2 rings (SSSR count). The van der Waals surface area contributed by atoms with Gasteiger partial charge in [0.15, 0.2) is 0 Å². The summed E-state index contributed by atoms with van der Waals surface area (Å²) in [5.74, 6) is -0.269. The van der Waals surface area contributed by atoms with Crippen molar-refractivity contribution in [2.45, 2.75) is 12.5 Å². The number of aliphatic hydroxyl groups excluding tert-OH is 1. The van der Waals surface area contributed by atoms with Crippen LogP contribution in [0.3, 0.4) is 0 Å². The van der Waals surface area contributed by atoms with Crippen molar-refractivity contribution in [1.82, 2.24) is 15.1 Å². The number of carbonyl (C=O) groups excluding carboxylic acids is 1. The van der Waals surface area contributed by atoms with E-state index < -0.39 is 5.54 Å². The minimum atomic E-state index is -0.850. The largest absolute Gasteiger partial charge is 0.394 e. The Morgan fingerprint density at radius 3 is 2.85 bits per heavy atom. The Balaban J connectivity index is 2.25. The predicted molar refractivity (Wildman–Crippen MR) is 79.3 cm³/mol. The second kappa shape index (κ2) is 5.76. The molecule has 0 aliphatic rings. The summed E-state index contributed by atoms with van der Waals surface area (Å²) in [4.78, 5) is 12.2. The number of amides is 1. The van der Waals surface area contributed by atoms with Crippen LogP contribution in [0.5, 0.6) is 0 Å². The van der Waals surface area contributed by atoms with Crippen molar-refractivity contribution in [3.63, 3.8) is 0 Å². The highest BCUT2D eigenvalue weighted by molar-refractivity contribution is 9.10. The summed E-state index contributed by atoms with van der Waals surface area (Å²) >= 11 is 3.39. The molecule has 2 N–H and O–H groups in total. The Hall–Kier alpha value is -1.66. The standard InChI is InChI=1S/C14H16BrN3O2/c1-14(9-19,11-4-3-5-12(15)6-11)17-13(20)10-7-16-18(2)8-10/h3-8,19H,9H2,1-2H3,(H,17,20). The number of hydrogen-bond acceptors (Lipinski definition) is 3. The SMILES string of the molecule is Cn1cc(C(=O)NC(C)(CO)c2cccc(Br)c2)cn1. The lowest BCUT2D eigenvalue weighted by molar-refractivity contribution is 0.0849. The van der Waals surface area contributed by atoms with Crippen LogP contribution in [0.4, 0.5) is 0 Å². The number of rotatable bonds is 4. The van der Waals surface area contributed by atoms with Crippen LogP contribution in [0.15, 0.2) is 41.1 Å². The summed E-state index contributed by atoms with van der Waals surface area (Å²) in [5, 5.41) is 16.5. The molecule has 0 radical (unpaired) electrons. The highest BCUT2D eigenvalue weighted by Crippen LogP contribution is 2.24. The number of aryl methyl sites for hydroxylation is 1. The van der Waals surface area contributed by atoms with Crippen LogP contribution in [-0.2, 0) is 12.6 Å². The van der Waals surface area contributed by atoms with Crippen molar-refractivity contribution in [3.8, 4) is 0 Å². The molecule has 0 bridgehead atoms. The summed E-state index contributed by atoms with van der Waals surface area (Å²) in [6.07, 6.45) is 3.13. The van der Waals surface area contributed by atoms with Crippen LogP contribution in [0.25, 0.3) is 0 Å². The zero-order chi connectivity index (χ0) is 14.8. The van der Waals surface area contributed by atoms with Gasteiger partial charge in [0.1, 0.15) is 0 Å². The van der Waals surface area contributed by atoms with E-state index in [1.807, 2.05) is 24.3 Å². The molecule has 1 heterocycles. The number of aliphatic hydroxyl groups is 1. The number of hydrogen-bond donors (Lipinski definition) is 2. The van der Waals surface area contributed by atoms with Crippen LogP contribution in [-0.4, -0.2) is 27.4 Å². The molecule has 0 saturated heterocycles. The second-order valence-corrected chi connectivity index (χ2v) is 5.77. The smallest absolute Gasteiger partial charge is 0.255 e. The van der Waals surface area contributed by atoms with Gasteiger partial charge in [-0.15, -0.1) is 0 Å². The molecule has 1 unspecified atom stereocenters. The van der Waals surface area contributed by atoms with Gasteiger partial charge in [-0.25, -0.2) is 0 Å². The first kappa shape index (κ1) is 14.7. The third-order valence-corrected chi connectivity index (χ3v) is 3.63. The molecule has 20 heavy (non-hydrogen) atoms. The Morgan fingerprint density at radius 2 is 2.30 bits per heavy atom. The lowest BCUT2D eigenvalue weighted by Crippen LogP contribution is -2.46. The Morgan fingerprint density at radius 1 is 1.55 bits per heavy atom. The molecule has 0 fully saturated rings. The average molecular weight is 338 g/mol. The van der Waals surface area contributed by atoms with Crippen molar-refractivity contribution >= 4 is 21.8 Å². The maximum atomic E-state index is 12.2. The van der Waals surface area contributed by atoms with Crippen LogP contribution in [0, 0.1) is 0 Å². The van der Waals surface area contributed by atoms with E-state index in [0.29, 0.717) is 5.56 Å². The molecule has 0 saturated carbocycles. The highest BCUT2D eigenvalue weighted by Gasteiger charge is 2.28. The number of nitrogens with one attached hydrogen (secondary N) is 1.